The van der Waals surface area contributed by atoms with Crippen molar-refractivity contribution >= 4 is 11.6 Å². The van der Waals surface area contributed by atoms with Gasteiger partial charge < -0.3 is 9.32 Å². The number of furan rings is 1. The van der Waals surface area contributed by atoms with Gasteiger partial charge in [-0.1, -0.05) is 6.92 Å². The van der Waals surface area contributed by atoms with Crippen molar-refractivity contribution in [2.75, 3.05) is 6.54 Å². The van der Waals surface area contributed by atoms with E-state index < -0.39 is 11.9 Å². The summed E-state index contributed by atoms with van der Waals surface area (Å²) >= 11 is 0. The molecule has 0 radical (unpaired) electrons. The van der Waals surface area contributed by atoms with E-state index in [9.17, 15) is 18.0 Å². The van der Waals surface area contributed by atoms with Crippen LogP contribution in [0.4, 0.5) is 13.2 Å². The Morgan fingerprint density at radius 1 is 1.36 bits per heavy atom. The summed E-state index contributed by atoms with van der Waals surface area (Å²) in [7, 11) is 0. The normalized spacial score (nSPS) is 18.0. The molecule has 6 nitrogen and oxygen atoms in total. The van der Waals surface area contributed by atoms with E-state index in [4.69, 9.17) is 4.42 Å². The topological polar surface area (TPSA) is 63.6 Å². The van der Waals surface area contributed by atoms with Gasteiger partial charge in [0.1, 0.15) is 11.3 Å². The third-order valence-electron chi connectivity index (χ3n) is 5.13. The summed E-state index contributed by atoms with van der Waals surface area (Å²) < 4.78 is 46.7. The molecule has 0 saturated carbocycles. The molecule has 1 fully saturated rings. The fourth-order valence-electron chi connectivity index (χ4n) is 3.71. The number of likely N-dealkylation sites (tertiary alicyclic amines) is 1. The summed E-state index contributed by atoms with van der Waals surface area (Å²) in [5.41, 5.74) is -1.05. The number of aromatic nitrogens is 3. The monoisotopic (exact) mass is 392 g/mol. The molecule has 1 unspecified atom stereocenters. The largest absolute Gasteiger partial charge is 0.463 e. The van der Waals surface area contributed by atoms with Gasteiger partial charge in [-0.25, -0.2) is 9.50 Å². The number of carbonyl (C=O) groups is 1. The maximum atomic E-state index is 13.6. The van der Waals surface area contributed by atoms with Crippen molar-refractivity contribution in [3.63, 3.8) is 0 Å². The van der Waals surface area contributed by atoms with Gasteiger partial charge >= 0.3 is 6.18 Å². The summed E-state index contributed by atoms with van der Waals surface area (Å²) in [4.78, 5) is 19.1. The molecule has 0 spiro atoms. The standard InChI is InChI=1S/C19H19F3N4O2/c1-2-12-6-3-4-8-25(12)18(27)13-11-23-26-16(19(20,21)22)10-14(24-17(13)26)15-7-5-9-28-15/h5,7,9-12H,2-4,6,8H2,1H3. The Labute approximate surface area is 159 Å². The zero-order valence-electron chi connectivity index (χ0n) is 15.2. The van der Waals surface area contributed by atoms with Crippen LogP contribution in [0.1, 0.15) is 48.7 Å². The molecule has 0 aromatic carbocycles. The van der Waals surface area contributed by atoms with Crippen molar-refractivity contribution in [2.24, 2.45) is 0 Å². The van der Waals surface area contributed by atoms with Crippen molar-refractivity contribution in [3.05, 3.63) is 41.9 Å². The Bertz CT molecular complexity index is 995. The lowest BCUT2D eigenvalue weighted by Gasteiger charge is -2.35. The van der Waals surface area contributed by atoms with Gasteiger partial charge in [0, 0.05) is 12.6 Å². The summed E-state index contributed by atoms with van der Waals surface area (Å²) in [6, 6.07) is 4.04. The molecule has 1 saturated heterocycles. The van der Waals surface area contributed by atoms with E-state index in [0.717, 1.165) is 31.7 Å². The molecular formula is C19H19F3N4O2. The summed E-state index contributed by atoms with van der Waals surface area (Å²) in [6.07, 6.45) is 1.47. The number of halogens is 3. The highest BCUT2D eigenvalue weighted by molar-refractivity contribution is 6.00. The number of fused-ring (bicyclic) bond motifs is 1. The minimum Gasteiger partial charge on any atom is -0.463 e. The zero-order valence-corrected chi connectivity index (χ0v) is 15.2. The second-order valence-corrected chi connectivity index (χ2v) is 6.85. The van der Waals surface area contributed by atoms with Crippen molar-refractivity contribution in [3.8, 4) is 11.5 Å². The summed E-state index contributed by atoms with van der Waals surface area (Å²) in [5.74, 6) is -0.143. The van der Waals surface area contributed by atoms with Gasteiger partial charge in [-0.3, -0.25) is 4.79 Å². The molecule has 148 valence electrons. The zero-order chi connectivity index (χ0) is 19.9. The quantitative estimate of drug-likeness (QED) is 0.662. The first-order valence-corrected chi connectivity index (χ1v) is 9.21. The first-order chi connectivity index (χ1) is 13.4. The minimum absolute atomic E-state index is 0.00469. The molecule has 1 aliphatic heterocycles. The van der Waals surface area contributed by atoms with Crippen LogP contribution in [0.3, 0.4) is 0 Å². The Kier molecular flexibility index (Phi) is 4.60. The van der Waals surface area contributed by atoms with Gasteiger partial charge in [0.15, 0.2) is 17.1 Å². The fourth-order valence-corrected chi connectivity index (χ4v) is 3.71. The SMILES string of the molecule is CCC1CCCCN1C(=O)c1cnn2c(C(F)(F)F)cc(-c3ccco3)nc12. The van der Waals surface area contributed by atoms with E-state index in [1.165, 1.54) is 18.5 Å². The van der Waals surface area contributed by atoms with Gasteiger partial charge in [-0.05, 0) is 43.9 Å². The Hall–Kier alpha value is -2.84. The van der Waals surface area contributed by atoms with E-state index in [1.807, 2.05) is 6.92 Å². The van der Waals surface area contributed by atoms with Crippen LogP contribution in [0, 0.1) is 0 Å². The average molecular weight is 392 g/mol. The van der Waals surface area contributed by atoms with Crippen LogP contribution in [0.5, 0.6) is 0 Å². The van der Waals surface area contributed by atoms with Crippen molar-refractivity contribution in [1.82, 2.24) is 19.5 Å². The summed E-state index contributed by atoms with van der Waals surface area (Å²) in [6.45, 7) is 2.58. The number of carbonyl (C=O) groups excluding carboxylic acids is 1. The maximum Gasteiger partial charge on any atom is 0.433 e. The lowest BCUT2D eigenvalue weighted by atomic mass is 9.99. The molecule has 0 N–H and O–H groups in total. The van der Waals surface area contributed by atoms with Gasteiger partial charge in [0.2, 0.25) is 0 Å². The highest BCUT2D eigenvalue weighted by Crippen LogP contribution is 2.33. The second kappa shape index (κ2) is 6.96. The third-order valence-corrected chi connectivity index (χ3v) is 5.13. The Morgan fingerprint density at radius 2 is 2.18 bits per heavy atom. The van der Waals surface area contributed by atoms with Crippen LogP contribution >= 0.6 is 0 Å². The predicted octanol–water partition coefficient (Wildman–Crippen LogP) is 4.41. The highest BCUT2D eigenvalue weighted by Gasteiger charge is 2.37. The molecule has 1 atom stereocenters. The van der Waals surface area contributed by atoms with Crippen LogP contribution < -0.4 is 0 Å². The molecule has 1 amide bonds. The van der Waals surface area contributed by atoms with Crippen LogP contribution in [0.25, 0.3) is 17.1 Å². The van der Waals surface area contributed by atoms with Gasteiger partial charge in [0.05, 0.1) is 12.5 Å². The van der Waals surface area contributed by atoms with Crippen LogP contribution in [0.2, 0.25) is 0 Å². The average Bonchev–Trinajstić information content (AvgIpc) is 3.35. The second-order valence-electron chi connectivity index (χ2n) is 6.85. The lowest BCUT2D eigenvalue weighted by Crippen LogP contribution is -2.43. The molecule has 1 aliphatic rings. The minimum atomic E-state index is -4.66. The molecule has 9 heteroatoms. The number of nitrogens with zero attached hydrogens (tertiary/aromatic N) is 4. The number of alkyl halides is 3. The van der Waals surface area contributed by atoms with Crippen LogP contribution in [-0.2, 0) is 6.18 Å². The highest BCUT2D eigenvalue weighted by atomic mass is 19.4. The summed E-state index contributed by atoms with van der Waals surface area (Å²) in [5, 5.41) is 3.83. The smallest absolute Gasteiger partial charge is 0.433 e. The molecular weight excluding hydrogens is 373 g/mol. The van der Waals surface area contributed by atoms with Crippen molar-refractivity contribution in [1.29, 1.82) is 0 Å². The molecule has 4 heterocycles. The lowest BCUT2D eigenvalue weighted by molar-refractivity contribution is -0.142. The first-order valence-electron chi connectivity index (χ1n) is 9.21. The predicted molar refractivity (Wildman–Crippen MR) is 94.7 cm³/mol. The fraction of sp³-hybridized carbons (Fsp3) is 0.421. The molecule has 0 aliphatic carbocycles. The molecule has 0 bridgehead atoms. The van der Waals surface area contributed by atoms with E-state index in [2.05, 4.69) is 10.1 Å². The molecule has 4 rings (SSSR count). The number of piperidine rings is 1. The van der Waals surface area contributed by atoms with E-state index >= 15 is 0 Å². The number of rotatable bonds is 3. The Balaban J connectivity index is 1.86. The van der Waals surface area contributed by atoms with Crippen LogP contribution in [-0.4, -0.2) is 38.0 Å². The van der Waals surface area contributed by atoms with Gasteiger partial charge in [-0.15, -0.1) is 0 Å². The molecule has 3 aromatic rings. The van der Waals surface area contributed by atoms with Crippen molar-refractivity contribution < 1.29 is 22.4 Å². The van der Waals surface area contributed by atoms with E-state index in [1.54, 1.807) is 11.0 Å². The van der Waals surface area contributed by atoms with E-state index in [-0.39, 0.29) is 34.6 Å². The number of hydrogen-bond donors (Lipinski definition) is 0. The molecule has 3 aromatic heterocycles. The van der Waals surface area contributed by atoms with E-state index in [0.29, 0.717) is 11.1 Å². The van der Waals surface area contributed by atoms with Gasteiger partial charge in [-0.2, -0.15) is 18.3 Å². The third kappa shape index (κ3) is 3.14. The maximum absolute atomic E-state index is 13.6. The number of hydrogen-bond acceptors (Lipinski definition) is 4. The number of amides is 1. The first kappa shape index (κ1) is 18.5. The molecule has 28 heavy (non-hydrogen) atoms. The van der Waals surface area contributed by atoms with Crippen LogP contribution in [0.15, 0.2) is 35.1 Å². The Morgan fingerprint density at radius 3 is 2.86 bits per heavy atom. The van der Waals surface area contributed by atoms with Gasteiger partial charge in [0.25, 0.3) is 5.91 Å². The van der Waals surface area contributed by atoms with Crippen molar-refractivity contribution in [2.45, 2.75) is 44.8 Å².